The maximum Gasteiger partial charge on any atom is 0.235 e. The normalized spacial score (nSPS) is 10.9. The summed E-state index contributed by atoms with van der Waals surface area (Å²) in [5.74, 6) is 0.838. The molecule has 21 heavy (non-hydrogen) atoms. The van der Waals surface area contributed by atoms with Crippen LogP contribution >= 0.6 is 23.4 Å². The number of nitrogens with one attached hydrogen (secondary N) is 1. The van der Waals surface area contributed by atoms with E-state index in [1.807, 2.05) is 13.8 Å². The highest BCUT2D eigenvalue weighted by Crippen LogP contribution is 2.28. The zero-order valence-electron chi connectivity index (χ0n) is 11.8. The summed E-state index contributed by atoms with van der Waals surface area (Å²) >= 11 is 7.28. The molecule has 0 radical (unpaired) electrons. The van der Waals surface area contributed by atoms with E-state index >= 15 is 0 Å². The van der Waals surface area contributed by atoms with Gasteiger partial charge in [-0.2, -0.15) is 5.10 Å². The van der Waals surface area contributed by atoms with Crippen molar-refractivity contribution in [2.75, 3.05) is 16.8 Å². The standard InChI is InChI=1S/C14H17ClN4OS/c1-9(2)19-13(5-6-17-19)18-14(20)8-21-12-7-10(15)3-4-11(12)16/h3-7,9H,8,16H2,1-2H3,(H,18,20). The molecule has 0 fully saturated rings. The van der Waals surface area contributed by atoms with Gasteiger partial charge in [-0.1, -0.05) is 11.6 Å². The molecule has 112 valence electrons. The lowest BCUT2D eigenvalue weighted by Crippen LogP contribution is -2.18. The SMILES string of the molecule is CC(C)n1nccc1NC(=O)CSc1cc(Cl)ccc1N. The lowest BCUT2D eigenvalue weighted by Gasteiger charge is -2.12. The molecule has 0 saturated carbocycles. The summed E-state index contributed by atoms with van der Waals surface area (Å²) in [5, 5.41) is 7.62. The Morgan fingerprint density at radius 2 is 2.24 bits per heavy atom. The van der Waals surface area contributed by atoms with E-state index in [4.69, 9.17) is 17.3 Å². The third-order valence-corrected chi connectivity index (χ3v) is 4.07. The number of nitrogens with two attached hydrogens (primary N) is 1. The number of benzene rings is 1. The molecule has 5 nitrogen and oxygen atoms in total. The van der Waals surface area contributed by atoms with E-state index in [1.165, 1.54) is 11.8 Å². The number of aromatic nitrogens is 2. The number of hydrogen-bond acceptors (Lipinski definition) is 4. The molecule has 0 bridgehead atoms. The Labute approximate surface area is 132 Å². The topological polar surface area (TPSA) is 72.9 Å². The van der Waals surface area contributed by atoms with Gasteiger partial charge >= 0.3 is 0 Å². The van der Waals surface area contributed by atoms with Crippen molar-refractivity contribution in [3.05, 3.63) is 35.5 Å². The minimum absolute atomic E-state index is 0.109. The summed E-state index contributed by atoms with van der Waals surface area (Å²) in [4.78, 5) is 12.8. The van der Waals surface area contributed by atoms with Crippen molar-refractivity contribution in [3.8, 4) is 0 Å². The molecular weight excluding hydrogens is 308 g/mol. The number of carbonyl (C=O) groups is 1. The van der Waals surface area contributed by atoms with Crippen LogP contribution in [0.2, 0.25) is 5.02 Å². The summed E-state index contributed by atoms with van der Waals surface area (Å²) in [6, 6.07) is 7.17. The number of halogens is 1. The molecular formula is C14H17ClN4OS. The van der Waals surface area contributed by atoms with E-state index in [0.29, 0.717) is 16.5 Å². The maximum absolute atomic E-state index is 12.0. The van der Waals surface area contributed by atoms with Crippen molar-refractivity contribution in [1.29, 1.82) is 0 Å². The van der Waals surface area contributed by atoms with Crippen LogP contribution in [-0.4, -0.2) is 21.4 Å². The monoisotopic (exact) mass is 324 g/mol. The van der Waals surface area contributed by atoms with E-state index < -0.39 is 0 Å². The van der Waals surface area contributed by atoms with Crippen molar-refractivity contribution >= 4 is 40.8 Å². The summed E-state index contributed by atoms with van der Waals surface area (Å²) in [7, 11) is 0. The highest BCUT2D eigenvalue weighted by molar-refractivity contribution is 8.00. The van der Waals surface area contributed by atoms with Gasteiger partial charge in [0, 0.05) is 27.7 Å². The quantitative estimate of drug-likeness (QED) is 0.653. The number of amides is 1. The van der Waals surface area contributed by atoms with Gasteiger partial charge in [0.15, 0.2) is 0 Å². The first-order valence-corrected chi connectivity index (χ1v) is 7.85. The number of hydrogen-bond donors (Lipinski definition) is 2. The second kappa shape index (κ2) is 6.87. The van der Waals surface area contributed by atoms with Crippen molar-refractivity contribution < 1.29 is 4.79 Å². The largest absolute Gasteiger partial charge is 0.398 e. The zero-order valence-corrected chi connectivity index (χ0v) is 13.4. The Balaban J connectivity index is 1.96. The van der Waals surface area contributed by atoms with Crippen LogP contribution in [-0.2, 0) is 4.79 Å². The lowest BCUT2D eigenvalue weighted by molar-refractivity contribution is -0.113. The number of thioether (sulfide) groups is 1. The third kappa shape index (κ3) is 4.15. The molecule has 0 aliphatic carbocycles. The fourth-order valence-electron chi connectivity index (χ4n) is 1.78. The summed E-state index contributed by atoms with van der Waals surface area (Å²) in [5.41, 5.74) is 6.47. The average Bonchev–Trinajstić information content (AvgIpc) is 2.88. The second-order valence-corrected chi connectivity index (χ2v) is 6.23. The second-order valence-electron chi connectivity index (χ2n) is 4.77. The smallest absolute Gasteiger partial charge is 0.235 e. The van der Waals surface area contributed by atoms with E-state index in [1.54, 1.807) is 35.1 Å². The van der Waals surface area contributed by atoms with E-state index in [2.05, 4.69) is 10.4 Å². The highest BCUT2D eigenvalue weighted by atomic mass is 35.5. The molecule has 2 aromatic rings. The van der Waals surface area contributed by atoms with Crippen LogP contribution in [0.1, 0.15) is 19.9 Å². The molecule has 1 aromatic heterocycles. The first kappa shape index (κ1) is 15.7. The molecule has 1 aromatic carbocycles. The van der Waals surface area contributed by atoms with Gasteiger partial charge in [-0.3, -0.25) is 4.79 Å². The van der Waals surface area contributed by atoms with Gasteiger partial charge in [-0.05, 0) is 32.0 Å². The van der Waals surface area contributed by atoms with E-state index in [9.17, 15) is 4.79 Å². The molecule has 1 heterocycles. The maximum atomic E-state index is 12.0. The molecule has 0 unspecified atom stereocenters. The lowest BCUT2D eigenvalue weighted by atomic mass is 10.3. The van der Waals surface area contributed by atoms with Crippen molar-refractivity contribution in [2.45, 2.75) is 24.8 Å². The van der Waals surface area contributed by atoms with Crippen LogP contribution in [0.25, 0.3) is 0 Å². The van der Waals surface area contributed by atoms with Crippen LogP contribution < -0.4 is 11.1 Å². The number of rotatable bonds is 5. The minimum Gasteiger partial charge on any atom is -0.398 e. The Hall–Kier alpha value is -1.66. The molecule has 3 N–H and O–H groups in total. The van der Waals surface area contributed by atoms with Crippen molar-refractivity contribution in [2.24, 2.45) is 0 Å². The van der Waals surface area contributed by atoms with Crippen molar-refractivity contribution in [1.82, 2.24) is 9.78 Å². The number of anilines is 2. The molecule has 0 saturated heterocycles. The molecule has 0 spiro atoms. The molecule has 0 aliphatic rings. The van der Waals surface area contributed by atoms with Gasteiger partial charge in [-0.15, -0.1) is 11.8 Å². The van der Waals surface area contributed by atoms with E-state index in [-0.39, 0.29) is 17.7 Å². The van der Waals surface area contributed by atoms with Gasteiger partial charge in [0.05, 0.1) is 11.9 Å². The van der Waals surface area contributed by atoms with Crippen LogP contribution in [0.3, 0.4) is 0 Å². The van der Waals surface area contributed by atoms with Gasteiger partial charge in [-0.25, -0.2) is 4.68 Å². The fourth-order valence-corrected chi connectivity index (χ4v) is 2.82. The van der Waals surface area contributed by atoms with Gasteiger partial charge in [0.25, 0.3) is 0 Å². The van der Waals surface area contributed by atoms with Crippen LogP contribution in [0.15, 0.2) is 35.4 Å². The number of carbonyl (C=O) groups excluding carboxylic acids is 1. The Kier molecular flexibility index (Phi) is 5.14. The number of nitrogens with zero attached hydrogens (tertiary/aromatic N) is 2. The molecule has 1 amide bonds. The number of nitrogen functional groups attached to an aromatic ring is 1. The predicted octanol–water partition coefficient (Wildman–Crippen LogP) is 3.43. The summed E-state index contributed by atoms with van der Waals surface area (Å²) in [6.07, 6.45) is 1.66. The Bertz CT molecular complexity index is 642. The molecule has 7 heteroatoms. The third-order valence-electron chi connectivity index (χ3n) is 2.76. The first-order chi connectivity index (χ1) is 9.97. The van der Waals surface area contributed by atoms with Gasteiger partial charge in [0.2, 0.25) is 5.91 Å². The van der Waals surface area contributed by atoms with E-state index in [0.717, 1.165) is 4.90 Å². The zero-order chi connectivity index (χ0) is 15.4. The Morgan fingerprint density at radius 3 is 2.95 bits per heavy atom. The minimum atomic E-state index is -0.109. The van der Waals surface area contributed by atoms with Crippen LogP contribution in [0.5, 0.6) is 0 Å². The van der Waals surface area contributed by atoms with Gasteiger partial charge in [0.1, 0.15) is 5.82 Å². The predicted molar refractivity (Wildman–Crippen MR) is 87.8 cm³/mol. The Morgan fingerprint density at radius 1 is 1.48 bits per heavy atom. The molecule has 2 rings (SSSR count). The van der Waals surface area contributed by atoms with Crippen LogP contribution in [0.4, 0.5) is 11.5 Å². The average molecular weight is 325 g/mol. The summed E-state index contributed by atoms with van der Waals surface area (Å²) < 4.78 is 1.76. The van der Waals surface area contributed by atoms with Crippen molar-refractivity contribution in [3.63, 3.8) is 0 Å². The molecule has 0 aliphatic heterocycles. The first-order valence-electron chi connectivity index (χ1n) is 6.48. The fraction of sp³-hybridized carbons (Fsp3) is 0.286. The van der Waals surface area contributed by atoms with Gasteiger partial charge < -0.3 is 11.1 Å². The summed E-state index contributed by atoms with van der Waals surface area (Å²) in [6.45, 7) is 4.01. The highest BCUT2D eigenvalue weighted by Gasteiger charge is 2.10. The molecule has 0 atom stereocenters. The van der Waals surface area contributed by atoms with Crippen LogP contribution in [0, 0.1) is 0 Å².